The molecule has 2 aromatic heterocycles. The Morgan fingerprint density at radius 2 is 1.76 bits per heavy atom. The van der Waals surface area contributed by atoms with E-state index in [1.54, 1.807) is 20.1 Å². The second kappa shape index (κ2) is 8.06. The summed E-state index contributed by atoms with van der Waals surface area (Å²) in [4.78, 5) is 27.5. The molecule has 0 unspecified atom stereocenters. The Kier molecular flexibility index (Phi) is 5.33. The zero-order chi connectivity index (χ0) is 20.4. The topological polar surface area (TPSA) is 81.7 Å². The Labute approximate surface area is 168 Å². The highest BCUT2D eigenvalue weighted by atomic mass is 16.5. The number of benzene rings is 1. The number of hydrogen-bond acceptors (Lipinski definition) is 5. The molecule has 1 aliphatic rings. The van der Waals surface area contributed by atoms with Crippen LogP contribution in [0.15, 0.2) is 35.1 Å². The van der Waals surface area contributed by atoms with Gasteiger partial charge in [0.25, 0.3) is 5.56 Å². The van der Waals surface area contributed by atoms with Gasteiger partial charge in [-0.25, -0.2) is 9.20 Å². The van der Waals surface area contributed by atoms with Crippen LogP contribution >= 0.6 is 0 Å². The van der Waals surface area contributed by atoms with E-state index in [2.05, 4.69) is 10.2 Å². The van der Waals surface area contributed by atoms with Gasteiger partial charge in [0.1, 0.15) is 23.6 Å². The third-order valence-electron chi connectivity index (χ3n) is 5.36. The number of likely N-dealkylation sites (tertiary alicyclic amines) is 1. The molecule has 1 aliphatic heterocycles. The Balaban J connectivity index is 1.65. The highest BCUT2D eigenvalue weighted by Gasteiger charge is 2.19. The van der Waals surface area contributed by atoms with E-state index < -0.39 is 0 Å². The second-order valence-electron chi connectivity index (χ2n) is 7.36. The molecule has 8 heteroatoms. The average molecular weight is 395 g/mol. The van der Waals surface area contributed by atoms with Crippen LogP contribution in [0.2, 0.25) is 0 Å². The molecule has 0 N–H and O–H groups in total. The molecule has 1 fully saturated rings. The van der Waals surface area contributed by atoms with E-state index in [1.807, 2.05) is 29.2 Å². The van der Waals surface area contributed by atoms with Crippen LogP contribution in [-0.4, -0.2) is 50.4 Å². The number of amides is 1. The van der Waals surface area contributed by atoms with Crippen LogP contribution in [0.3, 0.4) is 0 Å². The van der Waals surface area contributed by atoms with Gasteiger partial charge in [-0.1, -0.05) is 12.8 Å². The number of hydrogen-bond donors (Lipinski definition) is 0. The maximum atomic E-state index is 13.0. The number of carbonyl (C=O) groups excluding carboxylic acids is 1. The summed E-state index contributed by atoms with van der Waals surface area (Å²) in [5.41, 5.74) is 1.64. The van der Waals surface area contributed by atoms with Crippen molar-refractivity contribution in [3.63, 3.8) is 0 Å². The van der Waals surface area contributed by atoms with Gasteiger partial charge in [0.2, 0.25) is 5.91 Å². The van der Waals surface area contributed by atoms with Crippen molar-refractivity contribution in [3.05, 3.63) is 46.5 Å². The molecular weight excluding hydrogens is 370 g/mol. The predicted molar refractivity (Wildman–Crippen MR) is 109 cm³/mol. The fourth-order valence-corrected chi connectivity index (χ4v) is 3.73. The first-order valence-electron chi connectivity index (χ1n) is 9.96. The first-order valence-corrected chi connectivity index (χ1v) is 9.96. The lowest BCUT2D eigenvalue weighted by Gasteiger charge is -2.20. The second-order valence-corrected chi connectivity index (χ2v) is 7.36. The van der Waals surface area contributed by atoms with Crippen molar-refractivity contribution in [2.45, 2.75) is 39.2 Å². The van der Waals surface area contributed by atoms with Gasteiger partial charge in [0.15, 0.2) is 0 Å². The normalized spacial score (nSPS) is 14.8. The minimum Gasteiger partial charge on any atom is -0.497 e. The first-order chi connectivity index (χ1) is 14.1. The first kappa shape index (κ1) is 19.2. The number of rotatable bonds is 4. The number of carbonyl (C=O) groups is 1. The Morgan fingerprint density at radius 3 is 2.41 bits per heavy atom. The van der Waals surface area contributed by atoms with Gasteiger partial charge in [-0.2, -0.15) is 10.2 Å². The summed E-state index contributed by atoms with van der Waals surface area (Å²) in [5.74, 6) is 1.26. The molecule has 1 saturated heterocycles. The number of nitrogens with zero attached hydrogens (tertiary/aromatic N) is 5. The minimum atomic E-state index is -0.314. The van der Waals surface area contributed by atoms with Crippen molar-refractivity contribution in [1.29, 1.82) is 0 Å². The summed E-state index contributed by atoms with van der Waals surface area (Å²) >= 11 is 0. The standard InChI is InChI=1S/C21H25N5O3/c1-15-22-25(14-20(27)24-11-5-3-4-6-12-24)21(28)19-13-18(23-26(15)19)16-7-9-17(29-2)10-8-16/h7-10,13H,3-6,11-12,14H2,1-2H3. The molecule has 0 saturated carbocycles. The Morgan fingerprint density at radius 1 is 1.07 bits per heavy atom. The SMILES string of the molecule is COc1ccc(-c2cc3c(=O)n(CC(=O)N4CCCCCC4)nc(C)n3n2)cc1. The highest BCUT2D eigenvalue weighted by molar-refractivity contribution is 5.76. The monoisotopic (exact) mass is 395 g/mol. The van der Waals surface area contributed by atoms with Crippen LogP contribution in [-0.2, 0) is 11.3 Å². The molecule has 3 aromatic rings. The third-order valence-corrected chi connectivity index (χ3v) is 5.36. The van der Waals surface area contributed by atoms with Crippen LogP contribution in [0.25, 0.3) is 16.8 Å². The molecule has 3 heterocycles. The van der Waals surface area contributed by atoms with Gasteiger partial charge >= 0.3 is 0 Å². The van der Waals surface area contributed by atoms with E-state index in [4.69, 9.17) is 4.74 Å². The van der Waals surface area contributed by atoms with Gasteiger partial charge in [-0.15, -0.1) is 0 Å². The maximum absolute atomic E-state index is 13.0. The summed E-state index contributed by atoms with van der Waals surface area (Å²) in [6.45, 7) is 3.25. The number of methoxy groups -OCH3 is 1. The zero-order valence-electron chi connectivity index (χ0n) is 16.8. The van der Waals surface area contributed by atoms with E-state index in [9.17, 15) is 9.59 Å². The van der Waals surface area contributed by atoms with Crippen LogP contribution in [0.4, 0.5) is 0 Å². The van der Waals surface area contributed by atoms with Crippen molar-refractivity contribution in [2.24, 2.45) is 0 Å². The maximum Gasteiger partial charge on any atom is 0.293 e. The summed E-state index contributed by atoms with van der Waals surface area (Å²) in [5, 5.41) is 8.86. The summed E-state index contributed by atoms with van der Waals surface area (Å²) in [6, 6.07) is 9.23. The smallest absolute Gasteiger partial charge is 0.293 e. The molecule has 29 heavy (non-hydrogen) atoms. The Hall–Kier alpha value is -3.16. The van der Waals surface area contributed by atoms with Crippen molar-refractivity contribution in [1.82, 2.24) is 24.3 Å². The molecule has 0 aliphatic carbocycles. The minimum absolute atomic E-state index is 0.0424. The van der Waals surface area contributed by atoms with Crippen LogP contribution in [0.1, 0.15) is 31.5 Å². The summed E-state index contributed by atoms with van der Waals surface area (Å²) < 4.78 is 7.99. The fraction of sp³-hybridized carbons (Fsp3) is 0.429. The van der Waals surface area contributed by atoms with E-state index in [-0.39, 0.29) is 18.0 Å². The lowest BCUT2D eigenvalue weighted by atomic mass is 10.1. The van der Waals surface area contributed by atoms with Crippen molar-refractivity contribution < 1.29 is 9.53 Å². The van der Waals surface area contributed by atoms with Crippen molar-refractivity contribution >= 4 is 11.4 Å². The number of fused-ring (bicyclic) bond motifs is 1. The molecule has 0 bridgehead atoms. The lowest BCUT2D eigenvalue weighted by Crippen LogP contribution is -2.38. The van der Waals surface area contributed by atoms with E-state index in [1.165, 1.54) is 9.20 Å². The van der Waals surface area contributed by atoms with E-state index >= 15 is 0 Å². The molecule has 0 spiro atoms. The average Bonchev–Trinajstić information content (AvgIpc) is 3.01. The fourth-order valence-electron chi connectivity index (χ4n) is 3.73. The molecule has 8 nitrogen and oxygen atoms in total. The largest absolute Gasteiger partial charge is 0.497 e. The van der Waals surface area contributed by atoms with Crippen molar-refractivity contribution in [2.75, 3.05) is 20.2 Å². The van der Waals surface area contributed by atoms with E-state index in [0.29, 0.717) is 17.0 Å². The molecule has 4 rings (SSSR count). The van der Waals surface area contributed by atoms with Gasteiger partial charge in [-0.05, 0) is 50.1 Å². The number of ether oxygens (including phenoxy) is 1. The van der Waals surface area contributed by atoms with Crippen molar-refractivity contribution in [3.8, 4) is 17.0 Å². The van der Waals surface area contributed by atoms with Gasteiger partial charge in [-0.3, -0.25) is 9.59 Å². The molecule has 0 radical (unpaired) electrons. The van der Waals surface area contributed by atoms with Crippen LogP contribution in [0, 0.1) is 6.92 Å². The molecule has 0 atom stereocenters. The summed E-state index contributed by atoms with van der Waals surface area (Å²) in [7, 11) is 1.62. The van der Waals surface area contributed by atoms with Gasteiger partial charge in [0.05, 0.1) is 12.8 Å². The molecule has 152 valence electrons. The zero-order valence-corrected chi connectivity index (χ0v) is 16.8. The third kappa shape index (κ3) is 3.87. The van der Waals surface area contributed by atoms with E-state index in [0.717, 1.165) is 50.1 Å². The molecule has 1 aromatic carbocycles. The molecular formula is C21H25N5O3. The predicted octanol–water partition coefficient (Wildman–Crippen LogP) is 2.28. The van der Waals surface area contributed by atoms with Gasteiger partial charge < -0.3 is 9.64 Å². The Bertz CT molecular complexity index is 1080. The quantitative estimate of drug-likeness (QED) is 0.677. The lowest BCUT2D eigenvalue weighted by molar-refractivity contribution is -0.132. The number of aryl methyl sites for hydroxylation is 1. The number of aromatic nitrogens is 4. The van der Waals surface area contributed by atoms with Crippen LogP contribution < -0.4 is 10.3 Å². The molecule has 1 amide bonds. The highest BCUT2D eigenvalue weighted by Crippen LogP contribution is 2.22. The van der Waals surface area contributed by atoms with Gasteiger partial charge in [0, 0.05) is 18.7 Å². The van der Waals surface area contributed by atoms with Crippen LogP contribution in [0.5, 0.6) is 5.75 Å². The summed E-state index contributed by atoms with van der Waals surface area (Å²) in [6.07, 6.45) is 4.33.